The first-order chi connectivity index (χ1) is 6.56. The molecule has 0 aliphatic carbocycles. The molecule has 0 amide bonds. The molecule has 1 saturated heterocycles. The van der Waals surface area contributed by atoms with Crippen LogP contribution in [0.4, 0.5) is 0 Å². The number of hydrogen-bond acceptors (Lipinski definition) is 3. The molecule has 1 aliphatic rings. The highest BCUT2D eigenvalue weighted by atomic mass is 32.2. The second kappa shape index (κ2) is 5.38. The van der Waals surface area contributed by atoms with Gasteiger partial charge in [0.1, 0.15) is 0 Å². The number of hydrogen-bond donors (Lipinski definition) is 1. The first-order valence-corrected chi connectivity index (χ1v) is 6.78. The Labute approximate surface area is 92.8 Å². The van der Waals surface area contributed by atoms with E-state index in [9.17, 15) is 0 Å². The maximum absolute atomic E-state index is 3.54. The van der Waals surface area contributed by atoms with E-state index in [1.807, 2.05) is 11.8 Å². The third kappa shape index (κ3) is 3.44. The lowest BCUT2D eigenvalue weighted by Gasteiger charge is -2.45. The smallest absolute Gasteiger partial charge is 0.0278 e. The topological polar surface area (TPSA) is 15.3 Å². The van der Waals surface area contributed by atoms with Crippen LogP contribution >= 0.6 is 11.8 Å². The van der Waals surface area contributed by atoms with Crippen LogP contribution in [0.3, 0.4) is 0 Å². The fourth-order valence-electron chi connectivity index (χ4n) is 1.89. The molecular weight excluding hydrogens is 192 g/mol. The van der Waals surface area contributed by atoms with Crippen LogP contribution < -0.4 is 5.32 Å². The average molecular weight is 216 g/mol. The summed E-state index contributed by atoms with van der Waals surface area (Å²) in [6.07, 6.45) is 0. The van der Waals surface area contributed by atoms with Crippen LogP contribution in [0.5, 0.6) is 0 Å². The van der Waals surface area contributed by atoms with Gasteiger partial charge in [-0.2, -0.15) is 11.8 Å². The minimum atomic E-state index is 0.334. The Morgan fingerprint density at radius 1 is 1.50 bits per heavy atom. The first kappa shape index (κ1) is 12.3. The Balaban J connectivity index is 2.38. The molecule has 0 aromatic heterocycles. The Morgan fingerprint density at radius 2 is 2.21 bits per heavy atom. The molecule has 1 N–H and O–H groups in total. The number of thioether (sulfide) groups is 1. The quantitative estimate of drug-likeness (QED) is 0.722. The summed E-state index contributed by atoms with van der Waals surface area (Å²) < 4.78 is 0. The average Bonchev–Trinajstić information content (AvgIpc) is 2.12. The normalized spacial score (nSPS) is 27.9. The van der Waals surface area contributed by atoms with Crippen LogP contribution in [0.2, 0.25) is 0 Å². The second-order valence-electron chi connectivity index (χ2n) is 4.74. The molecular formula is C11H24N2S. The van der Waals surface area contributed by atoms with E-state index in [0.29, 0.717) is 11.6 Å². The molecule has 0 aromatic carbocycles. The predicted molar refractivity (Wildman–Crippen MR) is 66.1 cm³/mol. The summed E-state index contributed by atoms with van der Waals surface area (Å²) in [6.45, 7) is 12.7. The van der Waals surface area contributed by atoms with Crippen LogP contribution in [0, 0.1) is 0 Å². The van der Waals surface area contributed by atoms with Crippen molar-refractivity contribution in [3.63, 3.8) is 0 Å². The van der Waals surface area contributed by atoms with E-state index in [2.05, 4.69) is 37.9 Å². The summed E-state index contributed by atoms with van der Waals surface area (Å²) in [7, 11) is 0. The van der Waals surface area contributed by atoms with Crippen LogP contribution in [0.25, 0.3) is 0 Å². The van der Waals surface area contributed by atoms with Crippen molar-refractivity contribution < 1.29 is 0 Å². The summed E-state index contributed by atoms with van der Waals surface area (Å²) in [4.78, 5) is 2.62. The maximum atomic E-state index is 3.54. The summed E-state index contributed by atoms with van der Waals surface area (Å²) in [5.74, 6) is 2.51. The van der Waals surface area contributed by atoms with Gasteiger partial charge in [-0.25, -0.2) is 0 Å². The number of piperazine rings is 1. The van der Waals surface area contributed by atoms with Gasteiger partial charge < -0.3 is 5.32 Å². The molecule has 0 bridgehead atoms. The third-order valence-electron chi connectivity index (χ3n) is 2.94. The lowest BCUT2D eigenvalue weighted by atomic mass is 9.98. The van der Waals surface area contributed by atoms with Gasteiger partial charge in [0.25, 0.3) is 0 Å². The lowest BCUT2D eigenvalue weighted by molar-refractivity contribution is 0.0774. The molecule has 84 valence electrons. The van der Waals surface area contributed by atoms with Crippen molar-refractivity contribution in [3.8, 4) is 0 Å². The van der Waals surface area contributed by atoms with Gasteiger partial charge in [0, 0.05) is 37.0 Å². The Hall–Kier alpha value is 0.270. The zero-order chi connectivity index (χ0) is 10.6. The van der Waals surface area contributed by atoms with Gasteiger partial charge in [-0.15, -0.1) is 0 Å². The van der Waals surface area contributed by atoms with Gasteiger partial charge >= 0.3 is 0 Å². The fraction of sp³-hybridized carbons (Fsp3) is 1.00. The van der Waals surface area contributed by atoms with Crippen LogP contribution in [0.15, 0.2) is 0 Å². The Bertz CT molecular complexity index is 171. The zero-order valence-corrected chi connectivity index (χ0v) is 10.8. The Morgan fingerprint density at radius 3 is 2.86 bits per heavy atom. The van der Waals surface area contributed by atoms with Gasteiger partial charge in [-0.3, -0.25) is 4.90 Å². The predicted octanol–water partition coefficient (Wildman–Crippen LogP) is 1.81. The van der Waals surface area contributed by atoms with Crippen molar-refractivity contribution in [3.05, 3.63) is 0 Å². The first-order valence-electron chi connectivity index (χ1n) is 5.62. The highest BCUT2D eigenvalue weighted by Crippen LogP contribution is 2.18. The number of nitrogens with zero attached hydrogens (tertiary/aromatic N) is 1. The van der Waals surface area contributed by atoms with Crippen molar-refractivity contribution in [2.75, 3.05) is 31.1 Å². The molecule has 14 heavy (non-hydrogen) atoms. The van der Waals surface area contributed by atoms with E-state index < -0.39 is 0 Å². The molecule has 1 aliphatic heterocycles. The molecule has 1 atom stereocenters. The fourth-order valence-corrected chi connectivity index (χ4v) is 2.53. The lowest BCUT2D eigenvalue weighted by Crippen LogP contribution is -2.61. The van der Waals surface area contributed by atoms with Crippen molar-refractivity contribution in [1.82, 2.24) is 10.2 Å². The number of rotatable bonds is 4. The van der Waals surface area contributed by atoms with Crippen LogP contribution in [0.1, 0.15) is 27.7 Å². The summed E-state index contributed by atoms with van der Waals surface area (Å²) in [5, 5.41) is 3.54. The van der Waals surface area contributed by atoms with Gasteiger partial charge in [0.2, 0.25) is 0 Å². The standard InChI is InChI=1S/C11H24N2S/c1-5-14-7-6-13-8-10(2)12-9-11(13,3)4/h10,12H,5-9H2,1-4H3. The summed E-state index contributed by atoms with van der Waals surface area (Å²) >= 11 is 2.04. The van der Waals surface area contributed by atoms with E-state index in [1.54, 1.807) is 0 Å². The van der Waals surface area contributed by atoms with Crippen LogP contribution in [-0.2, 0) is 0 Å². The monoisotopic (exact) mass is 216 g/mol. The van der Waals surface area contributed by atoms with Gasteiger partial charge in [-0.05, 0) is 26.5 Å². The van der Waals surface area contributed by atoms with Crippen molar-refractivity contribution in [2.24, 2.45) is 0 Å². The van der Waals surface area contributed by atoms with E-state index in [4.69, 9.17) is 0 Å². The molecule has 1 rings (SSSR count). The van der Waals surface area contributed by atoms with Crippen molar-refractivity contribution >= 4 is 11.8 Å². The van der Waals surface area contributed by atoms with Gasteiger partial charge in [-0.1, -0.05) is 6.92 Å². The van der Waals surface area contributed by atoms with Gasteiger partial charge in [0.05, 0.1) is 0 Å². The Kier molecular flexibility index (Phi) is 4.74. The summed E-state index contributed by atoms with van der Waals surface area (Å²) in [5.41, 5.74) is 0.334. The van der Waals surface area contributed by atoms with E-state index in [-0.39, 0.29) is 0 Å². The van der Waals surface area contributed by atoms with Crippen LogP contribution in [-0.4, -0.2) is 47.6 Å². The third-order valence-corrected chi connectivity index (χ3v) is 3.82. The molecule has 3 heteroatoms. The minimum absolute atomic E-state index is 0.334. The maximum Gasteiger partial charge on any atom is 0.0278 e. The molecule has 1 heterocycles. The second-order valence-corrected chi connectivity index (χ2v) is 6.13. The summed E-state index contributed by atoms with van der Waals surface area (Å²) in [6, 6.07) is 0.648. The molecule has 0 radical (unpaired) electrons. The molecule has 2 nitrogen and oxygen atoms in total. The van der Waals surface area contributed by atoms with E-state index in [0.717, 1.165) is 6.54 Å². The molecule has 0 spiro atoms. The molecule has 0 saturated carbocycles. The largest absolute Gasteiger partial charge is 0.311 e. The van der Waals surface area contributed by atoms with E-state index in [1.165, 1.54) is 24.6 Å². The number of nitrogens with one attached hydrogen (secondary N) is 1. The van der Waals surface area contributed by atoms with Gasteiger partial charge in [0.15, 0.2) is 0 Å². The molecule has 0 aromatic rings. The highest BCUT2D eigenvalue weighted by Gasteiger charge is 2.31. The van der Waals surface area contributed by atoms with Crippen molar-refractivity contribution in [1.29, 1.82) is 0 Å². The van der Waals surface area contributed by atoms with Crippen molar-refractivity contribution in [2.45, 2.75) is 39.3 Å². The van der Waals surface area contributed by atoms with E-state index >= 15 is 0 Å². The SMILES string of the molecule is CCSCCN1CC(C)NCC1(C)C. The molecule has 1 unspecified atom stereocenters. The highest BCUT2D eigenvalue weighted by molar-refractivity contribution is 7.99. The molecule has 1 fully saturated rings. The zero-order valence-electron chi connectivity index (χ0n) is 9.97. The minimum Gasteiger partial charge on any atom is -0.311 e.